The highest BCUT2D eigenvalue weighted by atomic mass is 16.7. The van der Waals surface area contributed by atoms with Gasteiger partial charge in [-0.05, 0) is 0 Å². The minimum Gasteiger partial charge on any atom is -0.479 e. The van der Waals surface area contributed by atoms with Crippen molar-refractivity contribution in [2.45, 2.75) is 31.0 Å². The van der Waals surface area contributed by atoms with Crippen LogP contribution in [0.3, 0.4) is 0 Å². The van der Waals surface area contributed by atoms with E-state index in [1.807, 2.05) is 0 Å². The molecular weight excluding hydrogens is 192 g/mol. The maximum absolute atomic E-state index is 10.6. The number of aliphatic hydroxyl groups is 1. The van der Waals surface area contributed by atoms with E-state index in [9.17, 15) is 9.90 Å². The first-order valence-corrected chi connectivity index (χ1v) is 4.22. The van der Waals surface area contributed by atoms with Crippen LogP contribution in [0.1, 0.15) is 6.42 Å². The first-order chi connectivity index (χ1) is 6.60. The molecule has 6 nitrogen and oxygen atoms in total. The molecule has 2 N–H and O–H groups in total. The minimum atomic E-state index is -1.26. The summed E-state index contributed by atoms with van der Waals surface area (Å²) >= 11 is 0. The lowest BCUT2D eigenvalue weighted by atomic mass is 10.0. The van der Waals surface area contributed by atoms with Gasteiger partial charge < -0.3 is 24.4 Å². The van der Waals surface area contributed by atoms with Gasteiger partial charge in [0.2, 0.25) is 0 Å². The summed E-state index contributed by atoms with van der Waals surface area (Å²) in [6.45, 7) is 0. The molecule has 1 aliphatic rings. The Morgan fingerprint density at radius 2 is 2.07 bits per heavy atom. The van der Waals surface area contributed by atoms with Crippen molar-refractivity contribution in [2.24, 2.45) is 0 Å². The number of hydrogen-bond acceptors (Lipinski definition) is 5. The van der Waals surface area contributed by atoms with Crippen LogP contribution in [0.15, 0.2) is 0 Å². The Bertz CT molecular complexity index is 206. The third-order valence-corrected chi connectivity index (χ3v) is 2.25. The summed E-state index contributed by atoms with van der Waals surface area (Å²) in [6, 6.07) is 0. The van der Waals surface area contributed by atoms with E-state index >= 15 is 0 Å². The van der Waals surface area contributed by atoms with E-state index in [1.165, 1.54) is 14.2 Å². The van der Waals surface area contributed by atoms with Gasteiger partial charge in [0, 0.05) is 20.6 Å². The van der Waals surface area contributed by atoms with Crippen LogP contribution in [-0.4, -0.2) is 55.0 Å². The summed E-state index contributed by atoms with van der Waals surface area (Å²) in [7, 11) is 2.85. The van der Waals surface area contributed by atoms with Gasteiger partial charge in [-0.25, -0.2) is 4.79 Å². The molecule has 0 unspecified atom stereocenters. The number of methoxy groups -OCH3 is 2. The fourth-order valence-corrected chi connectivity index (χ4v) is 1.49. The van der Waals surface area contributed by atoms with Crippen molar-refractivity contribution in [2.75, 3.05) is 14.2 Å². The van der Waals surface area contributed by atoms with Gasteiger partial charge in [-0.2, -0.15) is 0 Å². The molecule has 0 saturated carbocycles. The number of aliphatic carboxylic acids is 1. The molecule has 0 spiro atoms. The number of rotatable bonds is 3. The Hall–Kier alpha value is -0.690. The highest BCUT2D eigenvalue weighted by Gasteiger charge is 2.41. The molecule has 0 aliphatic carbocycles. The second-order valence-electron chi connectivity index (χ2n) is 3.06. The molecule has 0 radical (unpaired) electrons. The monoisotopic (exact) mass is 206 g/mol. The second kappa shape index (κ2) is 4.70. The molecular formula is C8H14O6. The van der Waals surface area contributed by atoms with Gasteiger partial charge in [0.25, 0.3) is 0 Å². The van der Waals surface area contributed by atoms with Crippen molar-refractivity contribution >= 4 is 5.97 Å². The first-order valence-electron chi connectivity index (χ1n) is 4.22. The van der Waals surface area contributed by atoms with Crippen molar-refractivity contribution in [1.82, 2.24) is 0 Å². The molecule has 0 aromatic rings. The summed E-state index contributed by atoms with van der Waals surface area (Å²) < 4.78 is 14.8. The number of hydrogen-bond donors (Lipinski definition) is 2. The molecule has 0 aromatic carbocycles. The predicted octanol–water partition coefficient (Wildman–Crippen LogP) is -0.792. The van der Waals surface area contributed by atoms with E-state index in [0.717, 1.165) is 0 Å². The maximum Gasteiger partial charge on any atom is 0.333 e. The number of aliphatic hydroxyl groups excluding tert-OH is 1. The molecule has 4 atom stereocenters. The van der Waals surface area contributed by atoms with Crippen LogP contribution in [0.25, 0.3) is 0 Å². The molecule has 0 amide bonds. The maximum atomic E-state index is 10.6. The molecule has 82 valence electrons. The predicted molar refractivity (Wildman–Crippen MR) is 44.7 cm³/mol. The molecule has 0 bridgehead atoms. The Morgan fingerprint density at radius 3 is 2.50 bits per heavy atom. The quantitative estimate of drug-likeness (QED) is 0.629. The number of ether oxygens (including phenoxy) is 3. The van der Waals surface area contributed by atoms with Crippen LogP contribution in [0.4, 0.5) is 0 Å². The summed E-state index contributed by atoms with van der Waals surface area (Å²) in [4.78, 5) is 10.6. The van der Waals surface area contributed by atoms with E-state index in [-0.39, 0.29) is 6.42 Å². The zero-order valence-corrected chi connectivity index (χ0v) is 8.04. The molecule has 0 aromatic heterocycles. The lowest BCUT2D eigenvalue weighted by Crippen LogP contribution is -2.51. The Balaban J connectivity index is 2.67. The average molecular weight is 206 g/mol. The van der Waals surface area contributed by atoms with E-state index < -0.39 is 30.6 Å². The van der Waals surface area contributed by atoms with Crippen LogP contribution >= 0.6 is 0 Å². The standard InChI is InChI=1S/C8H14O6/c1-12-4-3-5(7(9)10)14-8(11)6(4)13-2/h4-6,8,11H,3H2,1-2H3,(H,9,10)/t4-,5+,6+,8+/m0/s1. The third kappa shape index (κ3) is 2.21. The van der Waals surface area contributed by atoms with Gasteiger partial charge in [0.1, 0.15) is 6.10 Å². The van der Waals surface area contributed by atoms with Crippen LogP contribution in [-0.2, 0) is 19.0 Å². The summed E-state index contributed by atoms with van der Waals surface area (Å²) in [5.41, 5.74) is 0. The van der Waals surface area contributed by atoms with Crippen LogP contribution in [0.2, 0.25) is 0 Å². The number of carbonyl (C=O) groups is 1. The Morgan fingerprint density at radius 1 is 1.43 bits per heavy atom. The topological polar surface area (TPSA) is 85.2 Å². The number of carboxylic acid groups (broad SMARTS) is 1. The largest absolute Gasteiger partial charge is 0.479 e. The van der Waals surface area contributed by atoms with Gasteiger partial charge in [-0.15, -0.1) is 0 Å². The van der Waals surface area contributed by atoms with Crippen LogP contribution in [0, 0.1) is 0 Å². The summed E-state index contributed by atoms with van der Waals surface area (Å²) in [6.07, 6.45) is -3.25. The van der Waals surface area contributed by atoms with E-state index in [2.05, 4.69) is 0 Å². The summed E-state index contributed by atoms with van der Waals surface area (Å²) in [5, 5.41) is 18.1. The highest BCUT2D eigenvalue weighted by Crippen LogP contribution is 2.23. The second-order valence-corrected chi connectivity index (χ2v) is 3.06. The highest BCUT2D eigenvalue weighted by molar-refractivity contribution is 5.72. The van der Waals surface area contributed by atoms with Crippen molar-refractivity contribution in [3.05, 3.63) is 0 Å². The van der Waals surface area contributed by atoms with Crippen molar-refractivity contribution in [3.8, 4) is 0 Å². The lowest BCUT2D eigenvalue weighted by Gasteiger charge is -2.36. The van der Waals surface area contributed by atoms with Gasteiger partial charge in [-0.1, -0.05) is 0 Å². The van der Waals surface area contributed by atoms with Gasteiger partial charge in [0.15, 0.2) is 12.4 Å². The third-order valence-electron chi connectivity index (χ3n) is 2.25. The normalized spacial score (nSPS) is 38.2. The number of carboxylic acids is 1. The molecule has 1 aliphatic heterocycles. The first kappa shape index (κ1) is 11.4. The minimum absolute atomic E-state index is 0.168. The smallest absolute Gasteiger partial charge is 0.333 e. The summed E-state index contributed by atoms with van der Waals surface area (Å²) in [5.74, 6) is -1.11. The molecule has 1 fully saturated rings. The fraction of sp³-hybridized carbons (Fsp3) is 0.875. The van der Waals surface area contributed by atoms with Crippen LogP contribution in [0.5, 0.6) is 0 Å². The molecule has 1 saturated heterocycles. The van der Waals surface area contributed by atoms with Crippen molar-refractivity contribution < 1.29 is 29.2 Å². The van der Waals surface area contributed by atoms with E-state index in [0.29, 0.717) is 0 Å². The molecule has 14 heavy (non-hydrogen) atoms. The van der Waals surface area contributed by atoms with E-state index in [1.54, 1.807) is 0 Å². The fourth-order valence-electron chi connectivity index (χ4n) is 1.49. The van der Waals surface area contributed by atoms with Gasteiger partial charge >= 0.3 is 5.97 Å². The van der Waals surface area contributed by atoms with E-state index in [4.69, 9.17) is 19.3 Å². The zero-order chi connectivity index (χ0) is 10.7. The molecule has 6 heteroatoms. The van der Waals surface area contributed by atoms with Gasteiger partial charge in [0.05, 0.1) is 6.10 Å². The Kier molecular flexibility index (Phi) is 3.82. The zero-order valence-electron chi connectivity index (χ0n) is 8.04. The SMILES string of the molecule is CO[C@H]1[C@H](O)O[C@@H](C(=O)O)C[C@@H]1OC. The van der Waals surface area contributed by atoms with Crippen molar-refractivity contribution in [3.63, 3.8) is 0 Å². The Labute approximate surface area is 81.4 Å². The average Bonchev–Trinajstić information content (AvgIpc) is 2.16. The molecule has 1 rings (SSSR count). The van der Waals surface area contributed by atoms with Crippen LogP contribution < -0.4 is 0 Å². The van der Waals surface area contributed by atoms with Crippen molar-refractivity contribution in [1.29, 1.82) is 0 Å². The van der Waals surface area contributed by atoms with Gasteiger partial charge in [-0.3, -0.25) is 0 Å². The lowest BCUT2D eigenvalue weighted by molar-refractivity contribution is -0.258. The molecule has 1 heterocycles.